The van der Waals surface area contributed by atoms with E-state index in [4.69, 9.17) is 0 Å². The average molecular weight is 256 g/mol. The van der Waals surface area contributed by atoms with Gasteiger partial charge < -0.3 is 9.88 Å². The van der Waals surface area contributed by atoms with Crippen LogP contribution in [0.2, 0.25) is 0 Å². The number of nitrogens with zero attached hydrogens (tertiary/aromatic N) is 3. The summed E-state index contributed by atoms with van der Waals surface area (Å²) in [6, 6.07) is 6.22. The molecule has 0 spiro atoms. The molecule has 1 atom stereocenters. The van der Waals surface area contributed by atoms with Crippen LogP contribution >= 0.6 is 0 Å². The summed E-state index contributed by atoms with van der Waals surface area (Å²) in [4.78, 5) is 14.9. The lowest BCUT2D eigenvalue weighted by atomic mass is 9.97. The molecular weight excluding hydrogens is 236 g/mol. The molecule has 3 rings (SSSR count). The lowest BCUT2D eigenvalue weighted by Gasteiger charge is -2.32. The van der Waals surface area contributed by atoms with Crippen LogP contribution in [0.4, 0.5) is 5.82 Å². The average Bonchev–Trinajstić information content (AvgIpc) is 2.86. The predicted octanol–water partition coefficient (Wildman–Crippen LogP) is 2.81. The van der Waals surface area contributed by atoms with Gasteiger partial charge in [-0.15, -0.1) is 0 Å². The molecule has 0 radical (unpaired) electrons. The minimum atomic E-state index is 0.491. The largest absolute Gasteiger partial charge is 0.356 e. The van der Waals surface area contributed by atoms with Crippen molar-refractivity contribution in [2.75, 3.05) is 18.0 Å². The smallest absolute Gasteiger partial charge is 0.128 e. The SMILES string of the molecule is Cc1cccc(N2CCC[C@H](c3ncc(C)[nH]3)C2)n1. The molecule has 1 N–H and O–H groups in total. The third kappa shape index (κ3) is 2.62. The monoisotopic (exact) mass is 256 g/mol. The fourth-order valence-electron chi connectivity index (χ4n) is 2.75. The normalized spacial score (nSPS) is 19.7. The van der Waals surface area contributed by atoms with E-state index >= 15 is 0 Å². The Bertz CT molecular complexity index is 561. The number of anilines is 1. The Hall–Kier alpha value is -1.84. The summed E-state index contributed by atoms with van der Waals surface area (Å²) >= 11 is 0. The number of hydrogen-bond acceptors (Lipinski definition) is 3. The van der Waals surface area contributed by atoms with Crippen molar-refractivity contribution in [1.82, 2.24) is 15.0 Å². The van der Waals surface area contributed by atoms with Gasteiger partial charge in [-0.3, -0.25) is 0 Å². The van der Waals surface area contributed by atoms with Gasteiger partial charge in [0.25, 0.3) is 0 Å². The van der Waals surface area contributed by atoms with E-state index < -0.39 is 0 Å². The van der Waals surface area contributed by atoms with Crippen molar-refractivity contribution in [2.24, 2.45) is 0 Å². The van der Waals surface area contributed by atoms with Crippen LogP contribution in [0.1, 0.15) is 36.0 Å². The number of aromatic amines is 1. The van der Waals surface area contributed by atoms with Gasteiger partial charge in [-0.25, -0.2) is 9.97 Å². The number of pyridine rings is 1. The number of rotatable bonds is 2. The molecule has 0 aliphatic carbocycles. The van der Waals surface area contributed by atoms with Gasteiger partial charge in [-0.2, -0.15) is 0 Å². The minimum absolute atomic E-state index is 0.491. The number of piperidine rings is 1. The van der Waals surface area contributed by atoms with Crippen molar-refractivity contribution in [3.63, 3.8) is 0 Å². The van der Waals surface area contributed by atoms with Crippen molar-refractivity contribution in [1.29, 1.82) is 0 Å². The van der Waals surface area contributed by atoms with Crippen LogP contribution < -0.4 is 4.90 Å². The molecule has 4 heteroatoms. The number of hydrogen-bond donors (Lipinski definition) is 1. The van der Waals surface area contributed by atoms with E-state index in [1.165, 1.54) is 12.8 Å². The zero-order chi connectivity index (χ0) is 13.2. The van der Waals surface area contributed by atoms with Crippen LogP contribution in [0.3, 0.4) is 0 Å². The zero-order valence-corrected chi connectivity index (χ0v) is 11.6. The van der Waals surface area contributed by atoms with Gasteiger partial charge in [-0.05, 0) is 38.8 Å². The highest BCUT2D eigenvalue weighted by Crippen LogP contribution is 2.27. The van der Waals surface area contributed by atoms with Crippen molar-refractivity contribution in [2.45, 2.75) is 32.6 Å². The maximum atomic E-state index is 4.63. The third-order valence-electron chi connectivity index (χ3n) is 3.73. The molecule has 4 nitrogen and oxygen atoms in total. The maximum Gasteiger partial charge on any atom is 0.128 e. The van der Waals surface area contributed by atoms with Crippen molar-refractivity contribution < 1.29 is 0 Å². The molecule has 1 saturated heterocycles. The lowest BCUT2D eigenvalue weighted by Crippen LogP contribution is -2.35. The van der Waals surface area contributed by atoms with Gasteiger partial charge in [0.05, 0.1) is 0 Å². The van der Waals surface area contributed by atoms with Crippen LogP contribution in [0, 0.1) is 13.8 Å². The van der Waals surface area contributed by atoms with Gasteiger partial charge in [0.2, 0.25) is 0 Å². The van der Waals surface area contributed by atoms with Crippen molar-refractivity contribution in [3.8, 4) is 0 Å². The molecule has 3 heterocycles. The van der Waals surface area contributed by atoms with E-state index in [-0.39, 0.29) is 0 Å². The number of aromatic nitrogens is 3. The molecule has 19 heavy (non-hydrogen) atoms. The summed E-state index contributed by atoms with van der Waals surface area (Å²) in [5.41, 5.74) is 2.22. The number of H-pyrrole nitrogens is 1. The number of nitrogens with one attached hydrogen (secondary N) is 1. The molecular formula is C15H20N4. The second-order valence-corrected chi connectivity index (χ2v) is 5.37. The first-order valence-corrected chi connectivity index (χ1v) is 6.92. The Kier molecular flexibility index (Phi) is 3.23. The molecule has 0 saturated carbocycles. The number of imidazole rings is 1. The summed E-state index contributed by atoms with van der Waals surface area (Å²) in [5.74, 6) is 2.70. The Morgan fingerprint density at radius 1 is 1.32 bits per heavy atom. The van der Waals surface area contributed by atoms with Crippen LogP contribution in [0.15, 0.2) is 24.4 Å². The standard InChI is InChI=1S/C15H20N4/c1-11-5-3-7-14(17-11)19-8-4-6-13(10-19)15-16-9-12(2)18-15/h3,5,7,9,13H,4,6,8,10H2,1-2H3,(H,16,18)/t13-/m0/s1. The first kappa shape index (κ1) is 12.2. The molecule has 0 aromatic carbocycles. The fraction of sp³-hybridized carbons (Fsp3) is 0.467. The predicted molar refractivity (Wildman–Crippen MR) is 76.5 cm³/mol. The van der Waals surface area contributed by atoms with Gasteiger partial charge in [-0.1, -0.05) is 6.07 Å². The van der Waals surface area contributed by atoms with Crippen LogP contribution in [-0.2, 0) is 0 Å². The molecule has 2 aromatic heterocycles. The van der Waals surface area contributed by atoms with E-state index in [0.29, 0.717) is 5.92 Å². The molecule has 0 amide bonds. The zero-order valence-electron chi connectivity index (χ0n) is 11.6. The summed E-state index contributed by atoms with van der Waals surface area (Å²) in [6.45, 7) is 6.19. The van der Waals surface area contributed by atoms with Crippen LogP contribution in [0.5, 0.6) is 0 Å². The van der Waals surface area contributed by atoms with E-state index in [1.54, 1.807) is 0 Å². The second kappa shape index (κ2) is 5.03. The van der Waals surface area contributed by atoms with Crippen molar-refractivity contribution in [3.05, 3.63) is 41.6 Å². The van der Waals surface area contributed by atoms with E-state index in [0.717, 1.165) is 36.1 Å². The van der Waals surface area contributed by atoms with Gasteiger partial charge in [0.15, 0.2) is 0 Å². The molecule has 1 aliphatic heterocycles. The quantitative estimate of drug-likeness (QED) is 0.898. The lowest BCUT2D eigenvalue weighted by molar-refractivity contribution is 0.491. The van der Waals surface area contributed by atoms with Crippen molar-refractivity contribution >= 4 is 5.82 Å². The van der Waals surface area contributed by atoms with Crippen LogP contribution in [-0.4, -0.2) is 28.0 Å². The third-order valence-corrected chi connectivity index (χ3v) is 3.73. The molecule has 2 aromatic rings. The first-order valence-electron chi connectivity index (χ1n) is 6.92. The Morgan fingerprint density at radius 3 is 2.95 bits per heavy atom. The molecule has 1 aliphatic rings. The van der Waals surface area contributed by atoms with Crippen LogP contribution in [0.25, 0.3) is 0 Å². The fourth-order valence-corrected chi connectivity index (χ4v) is 2.75. The Labute approximate surface area is 113 Å². The highest BCUT2D eigenvalue weighted by atomic mass is 15.2. The van der Waals surface area contributed by atoms with E-state index in [9.17, 15) is 0 Å². The van der Waals surface area contributed by atoms with Gasteiger partial charge in [0, 0.05) is 36.6 Å². The number of aryl methyl sites for hydroxylation is 2. The first-order chi connectivity index (χ1) is 9.22. The Morgan fingerprint density at radius 2 is 2.21 bits per heavy atom. The molecule has 0 unspecified atom stereocenters. The maximum absolute atomic E-state index is 4.63. The summed E-state index contributed by atoms with van der Waals surface area (Å²) in [7, 11) is 0. The Balaban J connectivity index is 1.78. The summed E-state index contributed by atoms with van der Waals surface area (Å²) < 4.78 is 0. The van der Waals surface area contributed by atoms with Gasteiger partial charge in [0.1, 0.15) is 11.6 Å². The topological polar surface area (TPSA) is 44.8 Å². The molecule has 0 bridgehead atoms. The van der Waals surface area contributed by atoms with E-state index in [1.807, 2.05) is 19.2 Å². The van der Waals surface area contributed by atoms with E-state index in [2.05, 4.69) is 38.9 Å². The minimum Gasteiger partial charge on any atom is -0.356 e. The summed E-state index contributed by atoms with van der Waals surface area (Å²) in [6.07, 6.45) is 4.31. The highest BCUT2D eigenvalue weighted by molar-refractivity contribution is 5.40. The molecule has 100 valence electrons. The molecule has 1 fully saturated rings. The van der Waals surface area contributed by atoms with Gasteiger partial charge >= 0.3 is 0 Å². The second-order valence-electron chi connectivity index (χ2n) is 5.37. The summed E-state index contributed by atoms with van der Waals surface area (Å²) in [5, 5.41) is 0. The highest BCUT2D eigenvalue weighted by Gasteiger charge is 2.24.